The zero-order chi connectivity index (χ0) is 21.3. The van der Waals surface area contributed by atoms with Crippen LogP contribution in [0.2, 0.25) is 0 Å². The molecule has 1 N–H and O–H groups in total. The summed E-state index contributed by atoms with van der Waals surface area (Å²) in [5.41, 5.74) is 1.44. The highest BCUT2D eigenvalue weighted by molar-refractivity contribution is 7.90. The molecule has 1 heterocycles. The van der Waals surface area contributed by atoms with E-state index in [9.17, 15) is 22.8 Å². The molecule has 0 fully saturated rings. The van der Waals surface area contributed by atoms with Crippen molar-refractivity contribution in [2.45, 2.75) is 17.9 Å². The number of fused-ring (bicyclic) bond motifs is 1. The normalized spacial score (nSPS) is 14.5. The maximum atomic E-state index is 12.6. The van der Waals surface area contributed by atoms with Crippen LogP contribution in [0, 0.1) is 0 Å². The van der Waals surface area contributed by atoms with Gasteiger partial charge in [-0.25, -0.2) is 8.42 Å². The molecular formula is C21H20N2O5S. The standard InChI is InChI=1S/C21H20N2O5S/c1-4-11-23-20(25)17-10-7-15(12-18(17)21(23)26)19(24)22-13(2)14-5-8-16(9-6-14)29(3,27)28/h4-10,12-13H,1,11H2,2-3H3,(H,22,24). The summed E-state index contributed by atoms with van der Waals surface area (Å²) >= 11 is 0. The molecule has 0 radical (unpaired) electrons. The van der Waals surface area contributed by atoms with Gasteiger partial charge >= 0.3 is 0 Å². The molecule has 0 saturated carbocycles. The SMILES string of the molecule is C=CCN1C(=O)c2ccc(C(=O)NC(C)c3ccc(S(C)(=O)=O)cc3)cc2C1=O. The van der Waals surface area contributed by atoms with Gasteiger partial charge in [-0.2, -0.15) is 0 Å². The zero-order valence-electron chi connectivity index (χ0n) is 16.0. The average molecular weight is 412 g/mol. The Morgan fingerprint density at radius 3 is 2.31 bits per heavy atom. The Balaban J connectivity index is 1.78. The number of hydrogen-bond acceptors (Lipinski definition) is 5. The second-order valence-electron chi connectivity index (χ2n) is 6.81. The quantitative estimate of drug-likeness (QED) is 0.580. The Labute approximate surface area is 168 Å². The largest absolute Gasteiger partial charge is 0.346 e. The number of nitrogens with one attached hydrogen (secondary N) is 1. The number of imide groups is 1. The Morgan fingerprint density at radius 1 is 1.10 bits per heavy atom. The number of nitrogens with zero attached hydrogens (tertiary/aromatic N) is 1. The van der Waals surface area contributed by atoms with Crippen LogP contribution in [0.3, 0.4) is 0 Å². The van der Waals surface area contributed by atoms with E-state index in [1.54, 1.807) is 19.1 Å². The molecule has 150 valence electrons. The highest BCUT2D eigenvalue weighted by atomic mass is 32.2. The lowest BCUT2D eigenvalue weighted by atomic mass is 10.0. The van der Waals surface area contributed by atoms with Gasteiger partial charge in [0.1, 0.15) is 0 Å². The zero-order valence-corrected chi connectivity index (χ0v) is 16.8. The van der Waals surface area contributed by atoms with E-state index in [4.69, 9.17) is 0 Å². The van der Waals surface area contributed by atoms with Crippen LogP contribution in [0.4, 0.5) is 0 Å². The molecular weight excluding hydrogens is 392 g/mol. The lowest BCUT2D eigenvalue weighted by molar-refractivity contribution is 0.0671. The molecule has 0 spiro atoms. The van der Waals surface area contributed by atoms with Gasteiger partial charge in [-0.1, -0.05) is 18.2 Å². The van der Waals surface area contributed by atoms with Gasteiger partial charge in [0, 0.05) is 18.4 Å². The molecule has 0 saturated heterocycles. The van der Waals surface area contributed by atoms with E-state index in [0.717, 1.165) is 16.7 Å². The molecule has 7 nitrogen and oxygen atoms in total. The molecule has 0 bridgehead atoms. The fourth-order valence-electron chi connectivity index (χ4n) is 3.09. The fourth-order valence-corrected chi connectivity index (χ4v) is 3.72. The number of amides is 3. The first-order chi connectivity index (χ1) is 13.6. The molecule has 1 atom stereocenters. The summed E-state index contributed by atoms with van der Waals surface area (Å²) in [6, 6.07) is 10.2. The first-order valence-electron chi connectivity index (χ1n) is 8.85. The van der Waals surface area contributed by atoms with Crippen LogP contribution in [0.25, 0.3) is 0 Å². The average Bonchev–Trinajstić information content (AvgIpc) is 2.92. The molecule has 29 heavy (non-hydrogen) atoms. The van der Waals surface area contributed by atoms with Crippen molar-refractivity contribution >= 4 is 27.6 Å². The third kappa shape index (κ3) is 3.97. The van der Waals surface area contributed by atoms with Gasteiger partial charge in [0.25, 0.3) is 17.7 Å². The van der Waals surface area contributed by atoms with E-state index >= 15 is 0 Å². The van der Waals surface area contributed by atoms with Crippen molar-refractivity contribution in [3.8, 4) is 0 Å². The van der Waals surface area contributed by atoms with E-state index in [1.165, 1.54) is 36.4 Å². The molecule has 3 rings (SSSR count). The Hall–Kier alpha value is -3.26. The maximum Gasteiger partial charge on any atom is 0.261 e. The summed E-state index contributed by atoms with van der Waals surface area (Å²) in [5, 5.41) is 2.81. The molecule has 1 aliphatic rings. The minimum Gasteiger partial charge on any atom is -0.346 e. The van der Waals surface area contributed by atoms with Crippen LogP contribution < -0.4 is 5.32 Å². The van der Waals surface area contributed by atoms with Gasteiger partial charge in [-0.15, -0.1) is 6.58 Å². The number of carbonyl (C=O) groups excluding carboxylic acids is 3. The topological polar surface area (TPSA) is 101 Å². The molecule has 1 unspecified atom stereocenters. The van der Waals surface area contributed by atoms with Crippen LogP contribution in [-0.2, 0) is 9.84 Å². The minimum absolute atomic E-state index is 0.106. The highest BCUT2D eigenvalue weighted by Crippen LogP contribution is 2.24. The number of hydrogen-bond donors (Lipinski definition) is 1. The molecule has 3 amide bonds. The van der Waals surface area contributed by atoms with Gasteiger partial charge in [0.15, 0.2) is 9.84 Å². The lowest BCUT2D eigenvalue weighted by Crippen LogP contribution is -2.29. The Bertz CT molecular complexity index is 1120. The molecule has 2 aromatic rings. The van der Waals surface area contributed by atoms with E-state index in [-0.39, 0.29) is 34.2 Å². The van der Waals surface area contributed by atoms with Crippen molar-refractivity contribution in [3.05, 3.63) is 77.4 Å². The van der Waals surface area contributed by atoms with Crippen LogP contribution in [-0.4, -0.2) is 43.8 Å². The van der Waals surface area contributed by atoms with Gasteiger partial charge < -0.3 is 5.32 Å². The predicted octanol–water partition coefficient (Wildman–Crippen LogP) is 2.36. The summed E-state index contributed by atoms with van der Waals surface area (Å²) in [6.45, 7) is 5.41. The van der Waals surface area contributed by atoms with Crippen LogP contribution in [0.5, 0.6) is 0 Å². The maximum absolute atomic E-state index is 12.6. The summed E-state index contributed by atoms with van der Waals surface area (Å²) in [5.74, 6) is -1.27. The first kappa shape index (κ1) is 20.5. The number of rotatable bonds is 6. The monoisotopic (exact) mass is 412 g/mol. The Kier molecular flexibility index (Phi) is 5.39. The highest BCUT2D eigenvalue weighted by Gasteiger charge is 2.35. The fraction of sp³-hybridized carbons (Fsp3) is 0.190. The lowest BCUT2D eigenvalue weighted by Gasteiger charge is -2.15. The number of sulfone groups is 1. The number of carbonyl (C=O) groups is 3. The summed E-state index contributed by atoms with van der Waals surface area (Å²) in [4.78, 5) is 38.5. The third-order valence-corrected chi connectivity index (χ3v) is 5.83. The molecule has 0 aromatic heterocycles. The van der Waals surface area contributed by atoms with Gasteiger partial charge in [0.05, 0.1) is 22.1 Å². The second kappa shape index (κ2) is 7.63. The smallest absolute Gasteiger partial charge is 0.261 e. The summed E-state index contributed by atoms with van der Waals surface area (Å²) < 4.78 is 23.1. The molecule has 8 heteroatoms. The molecule has 2 aromatic carbocycles. The van der Waals surface area contributed by atoms with Gasteiger partial charge in [-0.05, 0) is 42.8 Å². The van der Waals surface area contributed by atoms with Crippen molar-refractivity contribution < 1.29 is 22.8 Å². The first-order valence-corrected chi connectivity index (χ1v) is 10.7. The van der Waals surface area contributed by atoms with E-state index < -0.39 is 27.6 Å². The predicted molar refractivity (Wildman–Crippen MR) is 107 cm³/mol. The number of benzene rings is 2. The van der Waals surface area contributed by atoms with Crippen molar-refractivity contribution in [2.75, 3.05) is 12.8 Å². The van der Waals surface area contributed by atoms with Crippen molar-refractivity contribution in [1.29, 1.82) is 0 Å². The molecule has 0 aliphatic carbocycles. The van der Waals surface area contributed by atoms with E-state index in [1.807, 2.05) is 0 Å². The van der Waals surface area contributed by atoms with Crippen molar-refractivity contribution in [3.63, 3.8) is 0 Å². The van der Waals surface area contributed by atoms with Crippen molar-refractivity contribution in [2.24, 2.45) is 0 Å². The third-order valence-electron chi connectivity index (χ3n) is 4.70. The van der Waals surface area contributed by atoms with E-state index in [0.29, 0.717) is 0 Å². The summed E-state index contributed by atoms with van der Waals surface area (Å²) in [6.07, 6.45) is 2.59. The van der Waals surface area contributed by atoms with Gasteiger partial charge in [0.2, 0.25) is 0 Å². The van der Waals surface area contributed by atoms with Crippen LogP contribution in [0.15, 0.2) is 60.0 Å². The van der Waals surface area contributed by atoms with Crippen LogP contribution >= 0.6 is 0 Å². The second-order valence-corrected chi connectivity index (χ2v) is 8.82. The summed E-state index contributed by atoms with van der Waals surface area (Å²) in [7, 11) is -3.29. The molecule has 1 aliphatic heterocycles. The van der Waals surface area contributed by atoms with Crippen LogP contribution in [0.1, 0.15) is 49.6 Å². The minimum atomic E-state index is -3.29. The van der Waals surface area contributed by atoms with Crippen molar-refractivity contribution in [1.82, 2.24) is 10.2 Å². The van der Waals surface area contributed by atoms with E-state index in [2.05, 4.69) is 11.9 Å². The van der Waals surface area contributed by atoms with Gasteiger partial charge in [-0.3, -0.25) is 19.3 Å². The Morgan fingerprint density at radius 2 is 1.72 bits per heavy atom.